The van der Waals surface area contributed by atoms with Gasteiger partial charge in [-0.2, -0.15) is 0 Å². The Hall–Kier alpha value is -0.970. The van der Waals surface area contributed by atoms with Crippen LogP contribution in [-0.2, 0) is 13.1 Å². The van der Waals surface area contributed by atoms with Gasteiger partial charge in [0.05, 0.1) is 11.4 Å². The van der Waals surface area contributed by atoms with E-state index in [0.717, 1.165) is 38.4 Å². The SMILES string of the molecule is CC(C)NCc1cccc(CN2CCN(C)C(C)C2)n1. The first-order valence-corrected chi connectivity index (χ1v) is 7.65. The van der Waals surface area contributed by atoms with Gasteiger partial charge in [-0.05, 0) is 26.1 Å². The lowest BCUT2D eigenvalue weighted by Gasteiger charge is -2.37. The van der Waals surface area contributed by atoms with E-state index >= 15 is 0 Å². The highest BCUT2D eigenvalue weighted by Gasteiger charge is 2.20. The summed E-state index contributed by atoms with van der Waals surface area (Å²) in [4.78, 5) is 9.70. The van der Waals surface area contributed by atoms with Gasteiger partial charge in [0, 0.05) is 44.8 Å². The summed E-state index contributed by atoms with van der Waals surface area (Å²) < 4.78 is 0. The van der Waals surface area contributed by atoms with E-state index in [-0.39, 0.29) is 0 Å². The number of likely N-dealkylation sites (N-methyl/N-ethyl adjacent to an activating group) is 1. The molecule has 4 heteroatoms. The maximum Gasteiger partial charge on any atom is 0.0547 e. The fourth-order valence-corrected chi connectivity index (χ4v) is 2.52. The predicted octanol–water partition coefficient (Wildman–Crippen LogP) is 1.72. The summed E-state index contributed by atoms with van der Waals surface area (Å²) in [7, 11) is 2.21. The normalized spacial score (nSPS) is 21.6. The molecule has 0 spiro atoms. The number of nitrogens with one attached hydrogen (secondary N) is 1. The standard InChI is InChI=1S/C16H28N4/c1-13(2)17-10-15-6-5-7-16(18-15)12-20-9-8-19(4)14(3)11-20/h5-7,13-14,17H,8-12H2,1-4H3. The van der Waals surface area contributed by atoms with Crippen molar-refractivity contribution in [2.75, 3.05) is 26.7 Å². The third kappa shape index (κ3) is 4.54. The van der Waals surface area contributed by atoms with Crippen LogP contribution in [-0.4, -0.2) is 53.5 Å². The fourth-order valence-electron chi connectivity index (χ4n) is 2.52. The number of hydrogen-bond acceptors (Lipinski definition) is 4. The highest BCUT2D eigenvalue weighted by atomic mass is 15.3. The Morgan fingerprint density at radius 3 is 2.75 bits per heavy atom. The van der Waals surface area contributed by atoms with Crippen molar-refractivity contribution in [3.63, 3.8) is 0 Å². The second kappa shape index (κ2) is 7.16. The van der Waals surface area contributed by atoms with Gasteiger partial charge in [0.1, 0.15) is 0 Å². The maximum atomic E-state index is 4.77. The summed E-state index contributed by atoms with van der Waals surface area (Å²) >= 11 is 0. The van der Waals surface area contributed by atoms with Crippen molar-refractivity contribution in [2.24, 2.45) is 0 Å². The number of hydrogen-bond donors (Lipinski definition) is 1. The molecule has 0 aliphatic carbocycles. The van der Waals surface area contributed by atoms with Crippen LogP contribution in [0.2, 0.25) is 0 Å². The van der Waals surface area contributed by atoms with Crippen molar-refractivity contribution in [1.82, 2.24) is 20.1 Å². The number of piperazine rings is 1. The lowest BCUT2D eigenvalue weighted by atomic mass is 10.2. The average molecular weight is 276 g/mol. The predicted molar refractivity (Wildman–Crippen MR) is 83.6 cm³/mol. The van der Waals surface area contributed by atoms with Crippen LogP contribution in [0.1, 0.15) is 32.2 Å². The van der Waals surface area contributed by atoms with E-state index < -0.39 is 0 Å². The van der Waals surface area contributed by atoms with E-state index in [2.05, 4.69) is 61.1 Å². The molecule has 1 aliphatic heterocycles. The summed E-state index contributed by atoms with van der Waals surface area (Å²) in [6, 6.07) is 7.50. The number of nitrogens with zero attached hydrogens (tertiary/aromatic N) is 3. The van der Waals surface area contributed by atoms with Gasteiger partial charge in [-0.3, -0.25) is 9.88 Å². The van der Waals surface area contributed by atoms with Crippen LogP contribution in [0, 0.1) is 0 Å². The molecule has 1 saturated heterocycles. The molecule has 4 nitrogen and oxygen atoms in total. The van der Waals surface area contributed by atoms with Crippen LogP contribution in [0.5, 0.6) is 0 Å². The highest BCUT2D eigenvalue weighted by molar-refractivity contribution is 5.11. The van der Waals surface area contributed by atoms with Crippen LogP contribution in [0.3, 0.4) is 0 Å². The summed E-state index contributed by atoms with van der Waals surface area (Å²) in [5, 5.41) is 3.42. The summed E-state index contributed by atoms with van der Waals surface area (Å²) in [5.41, 5.74) is 2.32. The second-order valence-electron chi connectivity index (χ2n) is 6.22. The molecule has 0 aromatic carbocycles. The van der Waals surface area contributed by atoms with Crippen molar-refractivity contribution in [3.8, 4) is 0 Å². The van der Waals surface area contributed by atoms with Gasteiger partial charge in [0.15, 0.2) is 0 Å². The summed E-state index contributed by atoms with van der Waals surface area (Å²) in [5.74, 6) is 0. The quantitative estimate of drug-likeness (QED) is 0.887. The van der Waals surface area contributed by atoms with Crippen LogP contribution in [0.4, 0.5) is 0 Å². The molecule has 1 aliphatic rings. The van der Waals surface area contributed by atoms with Crippen LogP contribution >= 0.6 is 0 Å². The van der Waals surface area contributed by atoms with Crippen LogP contribution < -0.4 is 5.32 Å². The minimum Gasteiger partial charge on any atom is -0.309 e. The van der Waals surface area contributed by atoms with Gasteiger partial charge in [0.25, 0.3) is 0 Å². The van der Waals surface area contributed by atoms with E-state index in [1.165, 1.54) is 5.69 Å². The highest BCUT2D eigenvalue weighted by Crippen LogP contribution is 2.11. The lowest BCUT2D eigenvalue weighted by Crippen LogP contribution is -2.49. The molecule has 0 bridgehead atoms. The van der Waals surface area contributed by atoms with Crippen molar-refractivity contribution in [2.45, 2.75) is 45.9 Å². The van der Waals surface area contributed by atoms with Crippen molar-refractivity contribution >= 4 is 0 Å². The zero-order chi connectivity index (χ0) is 14.5. The summed E-state index contributed by atoms with van der Waals surface area (Å²) in [6.45, 7) is 11.9. The smallest absolute Gasteiger partial charge is 0.0547 e. The molecule has 1 N–H and O–H groups in total. The Morgan fingerprint density at radius 1 is 1.30 bits per heavy atom. The third-order valence-corrected chi connectivity index (χ3v) is 3.99. The number of rotatable bonds is 5. The molecule has 1 fully saturated rings. The van der Waals surface area contributed by atoms with Gasteiger partial charge in [-0.25, -0.2) is 0 Å². The van der Waals surface area contributed by atoms with Crippen molar-refractivity contribution in [3.05, 3.63) is 29.6 Å². The Kier molecular flexibility index (Phi) is 5.52. The molecule has 20 heavy (non-hydrogen) atoms. The van der Waals surface area contributed by atoms with E-state index in [9.17, 15) is 0 Å². The first-order valence-electron chi connectivity index (χ1n) is 7.65. The van der Waals surface area contributed by atoms with Gasteiger partial charge in [-0.15, -0.1) is 0 Å². The Labute approximate surface area is 123 Å². The Morgan fingerprint density at radius 2 is 2.05 bits per heavy atom. The first-order chi connectivity index (χ1) is 9.54. The molecule has 0 radical (unpaired) electrons. The molecule has 1 aromatic rings. The zero-order valence-electron chi connectivity index (χ0n) is 13.3. The largest absolute Gasteiger partial charge is 0.309 e. The minimum atomic E-state index is 0.499. The monoisotopic (exact) mass is 276 g/mol. The minimum absolute atomic E-state index is 0.499. The second-order valence-corrected chi connectivity index (χ2v) is 6.22. The molecule has 2 rings (SSSR count). The first kappa shape index (κ1) is 15.4. The van der Waals surface area contributed by atoms with Crippen molar-refractivity contribution < 1.29 is 0 Å². The fraction of sp³-hybridized carbons (Fsp3) is 0.688. The Bertz CT molecular complexity index is 419. The van der Waals surface area contributed by atoms with Crippen molar-refractivity contribution in [1.29, 1.82) is 0 Å². The average Bonchev–Trinajstić information content (AvgIpc) is 2.41. The van der Waals surface area contributed by atoms with Crippen LogP contribution in [0.15, 0.2) is 18.2 Å². The number of pyridine rings is 1. The van der Waals surface area contributed by atoms with Crippen LogP contribution in [0.25, 0.3) is 0 Å². The van der Waals surface area contributed by atoms with Gasteiger partial charge in [0.2, 0.25) is 0 Å². The molecule has 2 heterocycles. The molecule has 1 atom stereocenters. The van der Waals surface area contributed by atoms with E-state index in [1.807, 2.05) is 0 Å². The van der Waals surface area contributed by atoms with E-state index in [0.29, 0.717) is 12.1 Å². The summed E-state index contributed by atoms with van der Waals surface area (Å²) in [6.07, 6.45) is 0. The molecule has 1 unspecified atom stereocenters. The molecule has 112 valence electrons. The van der Waals surface area contributed by atoms with Gasteiger partial charge < -0.3 is 10.2 Å². The zero-order valence-corrected chi connectivity index (χ0v) is 13.3. The molecule has 0 amide bonds. The maximum absolute atomic E-state index is 4.77. The topological polar surface area (TPSA) is 31.4 Å². The van der Waals surface area contributed by atoms with E-state index in [4.69, 9.17) is 4.98 Å². The molecule has 1 aromatic heterocycles. The Balaban J connectivity index is 1.91. The lowest BCUT2D eigenvalue weighted by molar-refractivity contribution is 0.0990. The third-order valence-electron chi connectivity index (χ3n) is 3.99. The molecular weight excluding hydrogens is 248 g/mol. The van der Waals surface area contributed by atoms with Gasteiger partial charge in [-0.1, -0.05) is 19.9 Å². The van der Waals surface area contributed by atoms with Gasteiger partial charge >= 0.3 is 0 Å². The number of aromatic nitrogens is 1. The molecule has 0 saturated carbocycles. The van der Waals surface area contributed by atoms with E-state index in [1.54, 1.807) is 0 Å². The molecular formula is C16H28N4.